The number of aliphatic hydroxyl groups excluding tert-OH is 8. The van der Waals surface area contributed by atoms with Crippen molar-refractivity contribution < 1.29 is 99.2 Å². The highest BCUT2D eigenvalue weighted by Crippen LogP contribution is 2.33. The number of esters is 1. The summed E-state index contributed by atoms with van der Waals surface area (Å²) in [5.41, 5.74) is 0.773. The van der Waals surface area contributed by atoms with Crippen molar-refractivity contribution in [3.63, 3.8) is 0 Å². The van der Waals surface area contributed by atoms with Crippen molar-refractivity contribution in [1.29, 1.82) is 0 Å². The summed E-state index contributed by atoms with van der Waals surface area (Å²) in [6, 6.07) is 7.75. The first-order chi connectivity index (χ1) is 26.1. The van der Waals surface area contributed by atoms with Crippen molar-refractivity contribution in [2.75, 3.05) is 19.8 Å². The quantitative estimate of drug-likeness (QED) is 0.0541. The zero-order valence-electron chi connectivity index (χ0n) is 29.2. The lowest BCUT2D eigenvalue weighted by atomic mass is 9.96. The lowest BCUT2D eigenvalue weighted by Gasteiger charge is -2.47. The van der Waals surface area contributed by atoms with Crippen LogP contribution in [0.5, 0.6) is 23.0 Å². The Labute approximate surface area is 313 Å². The largest absolute Gasteiger partial charge is 0.504 e. The van der Waals surface area contributed by atoms with Crippen LogP contribution in [0.25, 0.3) is 6.08 Å². The number of hydrogen-bond acceptors (Lipinski definition) is 20. The molecule has 20 heteroatoms. The smallest absolute Gasteiger partial charge is 0.331 e. The van der Waals surface area contributed by atoms with Gasteiger partial charge in [-0.2, -0.15) is 0 Å². The second-order valence-corrected chi connectivity index (χ2v) is 13.3. The summed E-state index contributed by atoms with van der Waals surface area (Å²) >= 11 is 0. The van der Waals surface area contributed by atoms with Crippen molar-refractivity contribution in [2.24, 2.45) is 0 Å². The Bertz CT molecular complexity index is 1610. The molecule has 0 aromatic heterocycles. The molecule has 55 heavy (non-hydrogen) atoms. The number of aliphatic hydroxyl groups is 8. The molecule has 15 atom stereocenters. The first-order valence-corrected chi connectivity index (χ1v) is 17.2. The molecule has 0 amide bonds. The first kappa shape index (κ1) is 42.4. The normalized spacial score (nSPS) is 36.9. The molecule has 306 valence electrons. The van der Waals surface area contributed by atoms with Crippen molar-refractivity contribution in [3.05, 3.63) is 53.6 Å². The standard InChI is InChI=1S/C35H46O20/c1-14-24(42)26(44)29(47)35(51-14)55-32-30(48)34(49-9-8-16-3-6-18(38)20(40)11-16)53-22(13-50-33-28(46)27(45)25(43)21(12-36)52-33)31(32)54-23(41)7-4-15-2-5-17(37)19(39)10-15/h2-7,10-11,14,21-22,24-40,42-48H,8-9,12-13H2,1H3/t14-,21-,22+,24+,25-,26-,27+,28-,29+,30+,31+,32-,33+,34+,35-/m0/s1. The predicted molar refractivity (Wildman–Crippen MR) is 180 cm³/mol. The van der Waals surface area contributed by atoms with Gasteiger partial charge in [-0.25, -0.2) is 4.79 Å². The molecule has 2 aromatic carbocycles. The average molecular weight is 787 g/mol. The number of ether oxygens (including phenoxy) is 7. The van der Waals surface area contributed by atoms with E-state index in [9.17, 15) is 66.1 Å². The van der Waals surface area contributed by atoms with E-state index in [0.29, 0.717) is 5.56 Å². The molecule has 0 radical (unpaired) electrons. The molecule has 5 rings (SSSR count). The van der Waals surface area contributed by atoms with E-state index in [1.807, 2.05) is 0 Å². The van der Waals surface area contributed by atoms with E-state index in [1.54, 1.807) is 0 Å². The van der Waals surface area contributed by atoms with Gasteiger partial charge in [-0.3, -0.25) is 0 Å². The molecule has 2 aromatic rings. The van der Waals surface area contributed by atoms with Crippen LogP contribution >= 0.6 is 0 Å². The monoisotopic (exact) mass is 786 g/mol. The van der Waals surface area contributed by atoms with E-state index in [-0.39, 0.29) is 30.1 Å². The van der Waals surface area contributed by atoms with Crippen LogP contribution in [-0.2, 0) is 44.4 Å². The van der Waals surface area contributed by atoms with Crippen LogP contribution in [-0.4, -0.2) is 179 Å². The maximum atomic E-state index is 13.3. The Morgan fingerprint density at radius 3 is 1.96 bits per heavy atom. The molecular formula is C35H46O20. The van der Waals surface area contributed by atoms with Gasteiger partial charge in [0.15, 0.2) is 48.0 Å². The molecule has 0 aliphatic carbocycles. The number of carbonyl (C=O) groups excluding carboxylic acids is 1. The lowest BCUT2D eigenvalue weighted by Crippen LogP contribution is -2.65. The Balaban J connectivity index is 1.43. The van der Waals surface area contributed by atoms with Gasteiger partial charge in [0.1, 0.15) is 61.0 Å². The van der Waals surface area contributed by atoms with Crippen LogP contribution < -0.4 is 0 Å². The molecule has 3 saturated heterocycles. The third kappa shape index (κ3) is 10.0. The van der Waals surface area contributed by atoms with E-state index >= 15 is 0 Å². The fourth-order valence-corrected chi connectivity index (χ4v) is 6.14. The number of rotatable bonds is 13. The van der Waals surface area contributed by atoms with Crippen LogP contribution in [0.2, 0.25) is 0 Å². The Kier molecular flexibility index (Phi) is 14.3. The highest BCUT2D eigenvalue weighted by Gasteiger charge is 2.53. The molecule has 0 unspecified atom stereocenters. The van der Waals surface area contributed by atoms with Crippen LogP contribution in [0, 0.1) is 0 Å². The first-order valence-electron chi connectivity index (χ1n) is 17.2. The van der Waals surface area contributed by atoms with Gasteiger partial charge in [-0.05, 0) is 54.8 Å². The molecule has 0 spiro atoms. The highest BCUT2D eigenvalue weighted by atomic mass is 16.8. The molecular weight excluding hydrogens is 740 g/mol. The molecule has 0 saturated carbocycles. The van der Waals surface area contributed by atoms with Gasteiger partial charge in [0.05, 0.1) is 25.9 Å². The van der Waals surface area contributed by atoms with Crippen molar-refractivity contribution in [2.45, 2.75) is 105 Å². The van der Waals surface area contributed by atoms with E-state index in [4.69, 9.17) is 33.2 Å². The van der Waals surface area contributed by atoms with Gasteiger partial charge < -0.3 is 94.4 Å². The zero-order valence-corrected chi connectivity index (χ0v) is 29.2. The molecule has 3 aliphatic rings. The van der Waals surface area contributed by atoms with E-state index in [1.165, 1.54) is 43.3 Å². The molecule has 20 nitrogen and oxygen atoms in total. The zero-order chi connectivity index (χ0) is 40.1. The van der Waals surface area contributed by atoms with Crippen molar-refractivity contribution in [3.8, 4) is 23.0 Å². The van der Waals surface area contributed by atoms with Crippen molar-refractivity contribution >= 4 is 12.0 Å². The summed E-state index contributed by atoms with van der Waals surface area (Å²) in [6.45, 7) is -0.254. The van der Waals surface area contributed by atoms with Crippen LogP contribution in [0.3, 0.4) is 0 Å². The Morgan fingerprint density at radius 2 is 1.29 bits per heavy atom. The topological polar surface area (TPSA) is 324 Å². The Morgan fingerprint density at radius 1 is 0.673 bits per heavy atom. The number of phenols is 4. The fourth-order valence-electron chi connectivity index (χ4n) is 6.14. The third-order valence-electron chi connectivity index (χ3n) is 9.36. The van der Waals surface area contributed by atoms with E-state index < -0.39 is 123 Å². The van der Waals surface area contributed by atoms with E-state index in [2.05, 4.69) is 0 Å². The van der Waals surface area contributed by atoms with Gasteiger partial charge in [0, 0.05) is 6.08 Å². The SMILES string of the molecule is C[C@@H]1O[C@@H](O[C@H]2[C@@H](O)[C@H](OCCc3ccc(O)c(O)c3)O[C@H](CO[C@@H]3O[C@@H](CO)[C@H](O)[C@@H](O)[C@@H]3O)[C@H]2OC(=O)C=Cc2ccc(O)c(O)c2)[C@H](O)[C@@H](O)[C@@H]1O. The molecule has 12 N–H and O–H groups in total. The van der Waals surface area contributed by atoms with Gasteiger partial charge in [0.2, 0.25) is 0 Å². The molecule has 0 bridgehead atoms. The number of carbonyl (C=O) groups is 1. The van der Waals surface area contributed by atoms with Crippen LogP contribution in [0.15, 0.2) is 42.5 Å². The van der Waals surface area contributed by atoms with Crippen LogP contribution in [0.4, 0.5) is 0 Å². The lowest BCUT2D eigenvalue weighted by molar-refractivity contribution is -0.364. The highest BCUT2D eigenvalue weighted by molar-refractivity contribution is 5.87. The summed E-state index contributed by atoms with van der Waals surface area (Å²) in [7, 11) is 0. The molecule has 3 fully saturated rings. The predicted octanol–water partition coefficient (Wildman–Crippen LogP) is -3.19. The average Bonchev–Trinajstić information content (AvgIpc) is 3.16. The van der Waals surface area contributed by atoms with Gasteiger partial charge in [0.25, 0.3) is 0 Å². The summed E-state index contributed by atoms with van der Waals surface area (Å²) in [5, 5.41) is 123. The van der Waals surface area contributed by atoms with Gasteiger partial charge in [-0.15, -0.1) is 0 Å². The number of phenolic OH excluding ortho intramolecular Hbond substituents is 4. The summed E-state index contributed by atoms with van der Waals surface area (Å²) < 4.78 is 40.2. The summed E-state index contributed by atoms with van der Waals surface area (Å²) in [6.07, 6.45) is -22.6. The third-order valence-corrected chi connectivity index (χ3v) is 9.36. The minimum atomic E-state index is -1.88. The van der Waals surface area contributed by atoms with Crippen molar-refractivity contribution in [1.82, 2.24) is 0 Å². The number of aromatic hydroxyl groups is 4. The minimum absolute atomic E-state index is 0.111. The summed E-state index contributed by atoms with van der Waals surface area (Å²) in [4.78, 5) is 13.3. The fraction of sp³-hybridized carbons (Fsp3) is 0.571. The maximum Gasteiger partial charge on any atom is 0.331 e. The number of benzene rings is 2. The molecule has 3 aliphatic heterocycles. The second kappa shape index (κ2) is 18.5. The van der Waals surface area contributed by atoms with Gasteiger partial charge in [-0.1, -0.05) is 12.1 Å². The van der Waals surface area contributed by atoms with E-state index in [0.717, 1.165) is 12.1 Å². The summed E-state index contributed by atoms with van der Waals surface area (Å²) in [5.74, 6) is -2.71. The van der Waals surface area contributed by atoms with Crippen LogP contribution in [0.1, 0.15) is 18.1 Å². The minimum Gasteiger partial charge on any atom is -0.504 e. The Hall–Kier alpha value is -3.71. The number of hydrogen-bond donors (Lipinski definition) is 12. The van der Waals surface area contributed by atoms with Gasteiger partial charge >= 0.3 is 5.97 Å². The maximum absolute atomic E-state index is 13.3. The second-order valence-electron chi connectivity index (χ2n) is 13.3. The molecule has 3 heterocycles.